The van der Waals surface area contributed by atoms with Crippen molar-refractivity contribution in [3.05, 3.63) is 58.1 Å². The van der Waals surface area contributed by atoms with E-state index in [0.29, 0.717) is 21.8 Å². The van der Waals surface area contributed by atoms with Crippen LogP contribution in [0.25, 0.3) is 0 Å². The summed E-state index contributed by atoms with van der Waals surface area (Å²) in [6.07, 6.45) is 4.38. The van der Waals surface area contributed by atoms with Crippen LogP contribution in [0.1, 0.15) is 58.9 Å². The molecule has 1 fully saturated rings. The maximum absolute atomic E-state index is 13.1. The largest absolute Gasteiger partial charge is 0.351 e. The number of carbonyl (C=O) groups is 2. The summed E-state index contributed by atoms with van der Waals surface area (Å²) in [5.41, 5.74) is 3.70. The van der Waals surface area contributed by atoms with Crippen molar-refractivity contribution in [2.24, 2.45) is 0 Å². The molecule has 2 amide bonds. The first-order chi connectivity index (χ1) is 14.0. The Morgan fingerprint density at radius 3 is 2.76 bits per heavy atom. The molecule has 1 atom stereocenters. The van der Waals surface area contributed by atoms with Crippen LogP contribution < -0.4 is 10.2 Å². The van der Waals surface area contributed by atoms with Gasteiger partial charge in [0.05, 0.1) is 11.3 Å². The van der Waals surface area contributed by atoms with Gasteiger partial charge < -0.3 is 15.1 Å². The summed E-state index contributed by atoms with van der Waals surface area (Å²) in [6, 6.07) is 10.8. The molecule has 1 unspecified atom stereocenters. The fourth-order valence-electron chi connectivity index (χ4n) is 4.37. The molecule has 2 aliphatic heterocycles. The molecule has 2 aromatic rings. The van der Waals surface area contributed by atoms with E-state index in [9.17, 15) is 9.59 Å². The van der Waals surface area contributed by atoms with Crippen LogP contribution >= 0.6 is 11.6 Å². The van der Waals surface area contributed by atoms with Crippen molar-refractivity contribution in [1.82, 2.24) is 4.90 Å². The molecule has 2 aromatic carbocycles. The van der Waals surface area contributed by atoms with Gasteiger partial charge in [-0.15, -0.1) is 0 Å². The molecule has 2 aliphatic rings. The number of halogens is 1. The number of carbonyl (C=O) groups excluding carboxylic acids is 2. The van der Waals surface area contributed by atoms with Crippen LogP contribution in [0.3, 0.4) is 0 Å². The van der Waals surface area contributed by atoms with Gasteiger partial charge in [0.15, 0.2) is 0 Å². The number of benzene rings is 2. The van der Waals surface area contributed by atoms with Crippen molar-refractivity contribution in [2.45, 2.75) is 45.7 Å². The fourth-order valence-corrected chi connectivity index (χ4v) is 4.48. The topological polar surface area (TPSA) is 52.7 Å². The Hall–Kier alpha value is -2.53. The van der Waals surface area contributed by atoms with Gasteiger partial charge in [-0.3, -0.25) is 9.59 Å². The molecule has 0 aromatic heterocycles. The van der Waals surface area contributed by atoms with Crippen molar-refractivity contribution in [2.75, 3.05) is 23.3 Å². The van der Waals surface area contributed by atoms with Gasteiger partial charge >= 0.3 is 0 Å². The van der Waals surface area contributed by atoms with Gasteiger partial charge in [0.25, 0.3) is 11.8 Å². The van der Waals surface area contributed by atoms with E-state index in [4.69, 9.17) is 11.6 Å². The molecule has 152 valence electrons. The predicted octanol–water partition coefficient (Wildman–Crippen LogP) is 5.08. The summed E-state index contributed by atoms with van der Waals surface area (Å²) in [7, 11) is 0. The number of amides is 2. The van der Waals surface area contributed by atoms with Gasteiger partial charge in [-0.1, -0.05) is 18.0 Å². The number of nitrogens with zero attached hydrogens (tertiary/aromatic N) is 2. The molecule has 1 N–H and O–H groups in total. The van der Waals surface area contributed by atoms with E-state index in [1.165, 1.54) is 0 Å². The molecule has 6 heteroatoms. The number of aryl methyl sites for hydroxylation is 1. The third kappa shape index (κ3) is 3.71. The SMILES string of the molecule is CCN1c2cc(C(=O)Nc3ccc(Cl)c(C)c3)ccc2C(=O)N2CCCCCC21. The van der Waals surface area contributed by atoms with E-state index in [2.05, 4.69) is 17.1 Å². The minimum atomic E-state index is -0.193. The Balaban J connectivity index is 1.65. The molecule has 0 radical (unpaired) electrons. The van der Waals surface area contributed by atoms with Crippen molar-refractivity contribution < 1.29 is 9.59 Å². The van der Waals surface area contributed by atoms with E-state index in [-0.39, 0.29) is 18.0 Å². The summed E-state index contributed by atoms with van der Waals surface area (Å²) < 4.78 is 0. The first-order valence-electron chi connectivity index (χ1n) is 10.3. The maximum atomic E-state index is 13.1. The molecule has 4 rings (SSSR count). The van der Waals surface area contributed by atoms with Crippen LogP contribution in [0.5, 0.6) is 0 Å². The normalized spacial score (nSPS) is 18.7. The predicted molar refractivity (Wildman–Crippen MR) is 117 cm³/mol. The highest BCUT2D eigenvalue weighted by Gasteiger charge is 2.37. The molecule has 0 spiro atoms. The molecule has 0 saturated carbocycles. The second-order valence-electron chi connectivity index (χ2n) is 7.76. The van der Waals surface area contributed by atoms with Crippen molar-refractivity contribution in [1.29, 1.82) is 0 Å². The molecule has 5 nitrogen and oxygen atoms in total. The molecular formula is C23H26ClN3O2. The Morgan fingerprint density at radius 2 is 2.00 bits per heavy atom. The van der Waals surface area contributed by atoms with Crippen LogP contribution in [0.2, 0.25) is 5.02 Å². The Bertz CT molecular complexity index is 959. The average molecular weight is 412 g/mol. The van der Waals surface area contributed by atoms with Gasteiger partial charge in [-0.25, -0.2) is 0 Å². The smallest absolute Gasteiger partial charge is 0.257 e. The standard InChI is InChI=1S/C23H26ClN3O2/c1-3-26-20-14-16(22(28)25-17-9-11-19(24)15(2)13-17)8-10-18(20)23(29)27-12-6-4-5-7-21(26)27/h8-11,13-14,21H,3-7,12H2,1-2H3,(H,25,28). The molecular weight excluding hydrogens is 386 g/mol. The quantitative estimate of drug-likeness (QED) is 0.765. The lowest BCUT2D eigenvalue weighted by Crippen LogP contribution is -2.55. The second kappa shape index (κ2) is 8.07. The zero-order valence-electron chi connectivity index (χ0n) is 16.9. The first-order valence-corrected chi connectivity index (χ1v) is 10.7. The first kappa shape index (κ1) is 19.8. The third-order valence-corrected chi connectivity index (χ3v) is 6.32. The van der Waals surface area contributed by atoms with Crippen LogP contribution in [-0.2, 0) is 0 Å². The second-order valence-corrected chi connectivity index (χ2v) is 8.17. The lowest BCUT2D eigenvalue weighted by atomic mass is 10.0. The monoisotopic (exact) mass is 411 g/mol. The Morgan fingerprint density at radius 1 is 1.17 bits per heavy atom. The lowest BCUT2D eigenvalue weighted by Gasteiger charge is -2.44. The Kier molecular flexibility index (Phi) is 5.50. The van der Waals surface area contributed by atoms with Gasteiger partial charge in [0.2, 0.25) is 0 Å². The van der Waals surface area contributed by atoms with Crippen LogP contribution in [-0.4, -0.2) is 36.0 Å². The highest BCUT2D eigenvalue weighted by atomic mass is 35.5. The number of nitrogens with one attached hydrogen (secondary N) is 1. The lowest BCUT2D eigenvalue weighted by molar-refractivity contribution is 0.0656. The van der Waals surface area contributed by atoms with E-state index in [0.717, 1.165) is 50.0 Å². The third-order valence-electron chi connectivity index (χ3n) is 5.90. The number of hydrogen-bond acceptors (Lipinski definition) is 3. The van der Waals surface area contributed by atoms with Crippen LogP contribution in [0.4, 0.5) is 11.4 Å². The van der Waals surface area contributed by atoms with E-state index in [1.54, 1.807) is 24.3 Å². The zero-order chi connectivity index (χ0) is 20.5. The van der Waals surface area contributed by atoms with E-state index >= 15 is 0 Å². The fraction of sp³-hybridized carbons (Fsp3) is 0.391. The summed E-state index contributed by atoms with van der Waals surface area (Å²) in [4.78, 5) is 30.2. The van der Waals surface area contributed by atoms with Gasteiger partial charge in [-0.2, -0.15) is 0 Å². The van der Waals surface area contributed by atoms with E-state index in [1.807, 2.05) is 24.0 Å². The summed E-state index contributed by atoms with van der Waals surface area (Å²) >= 11 is 6.07. The van der Waals surface area contributed by atoms with Gasteiger partial charge in [0.1, 0.15) is 6.17 Å². The molecule has 2 heterocycles. The van der Waals surface area contributed by atoms with Crippen LogP contribution in [0.15, 0.2) is 36.4 Å². The van der Waals surface area contributed by atoms with E-state index < -0.39 is 0 Å². The number of fused-ring (bicyclic) bond motifs is 2. The van der Waals surface area contributed by atoms with Crippen molar-refractivity contribution in [3.8, 4) is 0 Å². The summed E-state index contributed by atoms with van der Waals surface area (Å²) in [5, 5.41) is 3.60. The van der Waals surface area contributed by atoms with Crippen molar-refractivity contribution >= 4 is 34.8 Å². The highest BCUT2D eigenvalue weighted by molar-refractivity contribution is 6.31. The van der Waals surface area contributed by atoms with Crippen molar-refractivity contribution in [3.63, 3.8) is 0 Å². The minimum absolute atomic E-state index is 0.0804. The summed E-state index contributed by atoms with van der Waals surface area (Å²) in [5.74, 6) is -0.113. The minimum Gasteiger partial charge on any atom is -0.351 e. The molecule has 0 aliphatic carbocycles. The van der Waals surface area contributed by atoms with Gasteiger partial charge in [-0.05, 0) is 75.1 Å². The molecule has 1 saturated heterocycles. The number of anilines is 2. The maximum Gasteiger partial charge on any atom is 0.257 e. The number of hydrogen-bond donors (Lipinski definition) is 1. The highest BCUT2D eigenvalue weighted by Crippen LogP contribution is 2.35. The molecule has 29 heavy (non-hydrogen) atoms. The van der Waals surface area contributed by atoms with Gasteiger partial charge in [0, 0.05) is 29.4 Å². The average Bonchev–Trinajstić information content (AvgIpc) is 2.97. The summed E-state index contributed by atoms with van der Waals surface area (Å²) in [6.45, 7) is 5.60. The number of rotatable bonds is 3. The van der Waals surface area contributed by atoms with Crippen LogP contribution in [0, 0.1) is 6.92 Å². The zero-order valence-corrected chi connectivity index (χ0v) is 17.6. The molecule has 0 bridgehead atoms. The Labute approximate surface area is 176 Å².